The fraction of sp³-hybridized carbons (Fsp3) is 0.700. The predicted octanol–water partition coefficient (Wildman–Crippen LogP) is 2.29. The standard InChI is InChI=1S/C20H33NO3/c1-5-16(2)19-8-6-7-9-20(19)23-13-12-22-11-10-21-14-17(3)24-18(4)15-21/h6-9,16-18H,5,10-15H2,1-4H3/p+1/t16-,17+,18+/m0/s1. The summed E-state index contributed by atoms with van der Waals surface area (Å²) in [5.74, 6) is 1.52. The van der Waals surface area contributed by atoms with Crippen LogP contribution >= 0.6 is 0 Å². The molecule has 1 N–H and O–H groups in total. The van der Waals surface area contributed by atoms with Crippen molar-refractivity contribution in [3.63, 3.8) is 0 Å². The van der Waals surface area contributed by atoms with Gasteiger partial charge in [-0.2, -0.15) is 0 Å². The molecule has 4 heteroatoms. The van der Waals surface area contributed by atoms with Gasteiger partial charge in [0.1, 0.15) is 44.2 Å². The van der Waals surface area contributed by atoms with Crippen molar-refractivity contribution in [2.75, 3.05) is 39.5 Å². The molecular weight excluding hydrogens is 302 g/mol. The van der Waals surface area contributed by atoms with Crippen LogP contribution in [0.15, 0.2) is 24.3 Å². The normalized spacial score (nSPS) is 25.4. The maximum atomic E-state index is 5.93. The van der Waals surface area contributed by atoms with Crippen molar-refractivity contribution in [2.24, 2.45) is 0 Å². The van der Waals surface area contributed by atoms with Gasteiger partial charge in [0.2, 0.25) is 0 Å². The molecule has 0 bridgehead atoms. The minimum Gasteiger partial charge on any atom is -0.491 e. The third-order valence-electron chi connectivity index (χ3n) is 4.76. The van der Waals surface area contributed by atoms with E-state index in [1.807, 2.05) is 6.07 Å². The van der Waals surface area contributed by atoms with Crippen LogP contribution in [-0.4, -0.2) is 51.7 Å². The predicted molar refractivity (Wildman–Crippen MR) is 97.0 cm³/mol. The molecular formula is C20H34NO3+. The zero-order chi connectivity index (χ0) is 17.4. The molecule has 1 aliphatic heterocycles. The summed E-state index contributed by atoms with van der Waals surface area (Å²) in [6, 6.07) is 8.33. The van der Waals surface area contributed by atoms with Crippen LogP contribution in [0.1, 0.15) is 45.6 Å². The molecule has 1 saturated heterocycles. The Kier molecular flexibility index (Phi) is 8.03. The van der Waals surface area contributed by atoms with Gasteiger partial charge in [-0.15, -0.1) is 0 Å². The van der Waals surface area contributed by atoms with Crippen LogP contribution in [0.2, 0.25) is 0 Å². The molecule has 0 radical (unpaired) electrons. The Bertz CT molecular complexity index is 470. The molecule has 4 nitrogen and oxygen atoms in total. The third kappa shape index (κ3) is 6.08. The number of hydrogen-bond donors (Lipinski definition) is 1. The molecule has 1 aromatic carbocycles. The smallest absolute Gasteiger partial charge is 0.122 e. The first-order valence-corrected chi connectivity index (χ1v) is 9.38. The number of ether oxygens (including phenoxy) is 3. The highest BCUT2D eigenvalue weighted by atomic mass is 16.5. The van der Waals surface area contributed by atoms with Crippen LogP contribution in [-0.2, 0) is 9.47 Å². The lowest BCUT2D eigenvalue weighted by molar-refractivity contribution is -0.915. The van der Waals surface area contributed by atoms with Crippen molar-refractivity contribution in [1.29, 1.82) is 0 Å². The molecule has 0 saturated carbocycles. The quantitative estimate of drug-likeness (QED) is 0.702. The largest absolute Gasteiger partial charge is 0.491 e. The number of rotatable bonds is 9. The highest BCUT2D eigenvalue weighted by molar-refractivity contribution is 5.35. The summed E-state index contributed by atoms with van der Waals surface area (Å²) in [6.45, 7) is 14.0. The van der Waals surface area contributed by atoms with E-state index in [1.54, 1.807) is 4.90 Å². The molecule has 1 fully saturated rings. The summed E-state index contributed by atoms with van der Waals surface area (Å²) in [6.07, 6.45) is 1.82. The summed E-state index contributed by atoms with van der Waals surface area (Å²) >= 11 is 0. The second-order valence-electron chi connectivity index (χ2n) is 6.97. The van der Waals surface area contributed by atoms with Gasteiger partial charge in [-0.1, -0.05) is 32.0 Å². The SMILES string of the molecule is CC[C@H](C)c1ccccc1OCCOCC[NH+]1C[C@@H](C)O[C@H](C)C1. The van der Waals surface area contributed by atoms with E-state index in [0.29, 0.717) is 31.3 Å². The van der Waals surface area contributed by atoms with Crippen LogP contribution < -0.4 is 9.64 Å². The number of hydrogen-bond acceptors (Lipinski definition) is 3. The first kappa shape index (κ1) is 19.2. The van der Waals surface area contributed by atoms with Crippen molar-refractivity contribution in [3.8, 4) is 5.75 Å². The molecule has 1 aromatic rings. The molecule has 24 heavy (non-hydrogen) atoms. The molecule has 0 aliphatic carbocycles. The Balaban J connectivity index is 1.63. The Morgan fingerprint density at radius 2 is 1.83 bits per heavy atom. The van der Waals surface area contributed by atoms with Crippen molar-refractivity contribution in [2.45, 2.75) is 52.2 Å². The van der Waals surface area contributed by atoms with Crippen LogP contribution in [0.4, 0.5) is 0 Å². The average molecular weight is 336 g/mol. The van der Waals surface area contributed by atoms with Gasteiger partial charge in [0.15, 0.2) is 0 Å². The lowest BCUT2D eigenvalue weighted by atomic mass is 9.98. The molecule has 1 aliphatic rings. The monoisotopic (exact) mass is 336 g/mol. The van der Waals surface area contributed by atoms with Crippen molar-refractivity contribution >= 4 is 0 Å². The zero-order valence-electron chi connectivity index (χ0n) is 15.7. The van der Waals surface area contributed by atoms with E-state index < -0.39 is 0 Å². The molecule has 2 rings (SSSR count). The van der Waals surface area contributed by atoms with E-state index >= 15 is 0 Å². The van der Waals surface area contributed by atoms with E-state index in [4.69, 9.17) is 14.2 Å². The number of nitrogens with one attached hydrogen (secondary N) is 1. The van der Waals surface area contributed by atoms with Gasteiger partial charge in [0.25, 0.3) is 0 Å². The summed E-state index contributed by atoms with van der Waals surface area (Å²) < 4.78 is 17.5. The second-order valence-corrected chi connectivity index (χ2v) is 6.97. The Morgan fingerprint density at radius 3 is 2.54 bits per heavy atom. The molecule has 0 amide bonds. The van der Waals surface area contributed by atoms with Gasteiger partial charge in [-0.05, 0) is 37.8 Å². The van der Waals surface area contributed by atoms with Gasteiger partial charge in [0.05, 0.1) is 13.2 Å². The average Bonchev–Trinajstić information content (AvgIpc) is 2.56. The summed E-state index contributed by atoms with van der Waals surface area (Å²) in [7, 11) is 0. The first-order valence-electron chi connectivity index (χ1n) is 9.38. The highest BCUT2D eigenvalue weighted by Crippen LogP contribution is 2.28. The molecule has 1 heterocycles. The fourth-order valence-corrected chi connectivity index (χ4v) is 3.36. The van der Waals surface area contributed by atoms with Gasteiger partial charge < -0.3 is 19.1 Å². The van der Waals surface area contributed by atoms with Gasteiger partial charge in [-0.25, -0.2) is 0 Å². The summed E-state index contributed by atoms with van der Waals surface area (Å²) in [5, 5.41) is 0. The molecule has 0 spiro atoms. The first-order chi connectivity index (χ1) is 11.6. The molecule has 136 valence electrons. The Morgan fingerprint density at radius 1 is 1.12 bits per heavy atom. The maximum absolute atomic E-state index is 5.93. The lowest BCUT2D eigenvalue weighted by Gasteiger charge is -2.32. The van der Waals surface area contributed by atoms with E-state index in [-0.39, 0.29) is 0 Å². The van der Waals surface area contributed by atoms with Gasteiger partial charge in [0, 0.05) is 0 Å². The molecule has 0 aromatic heterocycles. The number of para-hydroxylation sites is 1. The number of morpholine rings is 1. The Hall–Kier alpha value is -1.10. The second kappa shape index (κ2) is 10.0. The van der Waals surface area contributed by atoms with Crippen molar-refractivity contribution < 1.29 is 19.1 Å². The van der Waals surface area contributed by atoms with Crippen molar-refractivity contribution in [1.82, 2.24) is 0 Å². The lowest BCUT2D eigenvalue weighted by Crippen LogP contribution is -3.15. The van der Waals surface area contributed by atoms with E-state index in [1.165, 1.54) is 5.56 Å². The zero-order valence-corrected chi connectivity index (χ0v) is 15.7. The molecule has 0 unspecified atom stereocenters. The summed E-state index contributed by atoms with van der Waals surface area (Å²) in [5.41, 5.74) is 1.29. The van der Waals surface area contributed by atoms with E-state index in [2.05, 4.69) is 45.9 Å². The minimum atomic E-state index is 0.351. The number of benzene rings is 1. The van der Waals surface area contributed by atoms with Gasteiger partial charge >= 0.3 is 0 Å². The fourth-order valence-electron chi connectivity index (χ4n) is 3.36. The summed E-state index contributed by atoms with van der Waals surface area (Å²) in [4.78, 5) is 1.57. The minimum absolute atomic E-state index is 0.351. The third-order valence-corrected chi connectivity index (χ3v) is 4.76. The van der Waals surface area contributed by atoms with Crippen LogP contribution in [0.5, 0.6) is 5.75 Å². The van der Waals surface area contributed by atoms with Crippen LogP contribution in [0.25, 0.3) is 0 Å². The van der Waals surface area contributed by atoms with E-state index in [9.17, 15) is 0 Å². The van der Waals surface area contributed by atoms with E-state index in [0.717, 1.165) is 38.4 Å². The van der Waals surface area contributed by atoms with Crippen molar-refractivity contribution in [3.05, 3.63) is 29.8 Å². The topological polar surface area (TPSA) is 32.1 Å². The van der Waals surface area contributed by atoms with Gasteiger partial charge in [-0.3, -0.25) is 0 Å². The molecule has 3 atom stereocenters. The Labute approximate surface area is 147 Å². The van der Waals surface area contributed by atoms with Crippen LogP contribution in [0, 0.1) is 0 Å². The maximum Gasteiger partial charge on any atom is 0.122 e. The highest BCUT2D eigenvalue weighted by Gasteiger charge is 2.24. The van der Waals surface area contributed by atoms with Crippen LogP contribution in [0.3, 0.4) is 0 Å². The number of quaternary nitrogens is 1.